The van der Waals surface area contributed by atoms with E-state index in [1.165, 1.54) is 0 Å². The van der Waals surface area contributed by atoms with Crippen molar-refractivity contribution in [3.8, 4) is 0 Å². The number of hydrogen-bond donors (Lipinski definition) is 0. The molecule has 0 aromatic carbocycles. The Morgan fingerprint density at radius 3 is 2.00 bits per heavy atom. The van der Waals surface area contributed by atoms with E-state index in [1.54, 1.807) is 0 Å². The fraction of sp³-hybridized carbons (Fsp3) is 1.00. The predicted molar refractivity (Wildman–Crippen MR) is 19.5 cm³/mol. The highest BCUT2D eigenvalue weighted by Gasteiger charge is 1.46. The van der Waals surface area contributed by atoms with Crippen LogP contribution in [0, 0.1) is 0 Å². The first-order chi connectivity index (χ1) is 1.91. The molecule has 0 saturated heterocycles. The lowest BCUT2D eigenvalue weighted by Gasteiger charge is -1.84. The van der Waals surface area contributed by atoms with E-state index in [-0.39, 0.29) is 0 Å². The van der Waals surface area contributed by atoms with Crippen molar-refractivity contribution in [3.05, 3.63) is 5.73 Å². The Hall–Kier alpha value is -0.0400. The van der Waals surface area contributed by atoms with Crippen LogP contribution in [-0.4, -0.2) is 6.54 Å². The summed E-state index contributed by atoms with van der Waals surface area (Å²) in [5, 5.41) is 0. The molecule has 1 N–H and O–H groups in total. The minimum atomic E-state index is 0.569. The second-order valence-electron chi connectivity index (χ2n) is 0.750. The fourth-order valence-electron chi connectivity index (χ4n) is 0. The molecule has 0 aliphatic heterocycles. The van der Waals surface area contributed by atoms with Gasteiger partial charge in [-0.2, -0.15) is 6.54 Å². The molecule has 26 valence electrons. The van der Waals surface area contributed by atoms with Gasteiger partial charge in [0.15, 0.2) is 0 Å². The van der Waals surface area contributed by atoms with Crippen molar-refractivity contribution in [3.63, 3.8) is 0 Å². The summed E-state index contributed by atoms with van der Waals surface area (Å²) in [5.74, 6) is 0. The summed E-state index contributed by atoms with van der Waals surface area (Å²) in [6.07, 6.45) is 0.986. The number of rotatable bonds is 1. The lowest BCUT2D eigenvalue weighted by Crippen LogP contribution is -1.59. The van der Waals surface area contributed by atoms with Crippen molar-refractivity contribution in [1.82, 2.24) is 0 Å². The molecule has 0 aliphatic carbocycles. The zero-order valence-electron chi connectivity index (χ0n) is 2.91. The zero-order valence-corrected chi connectivity index (χ0v) is 2.91. The van der Waals surface area contributed by atoms with E-state index in [4.69, 9.17) is 5.73 Å². The van der Waals surface area contributed by atoms with Crippen LogP contribution in [0.4, 0.5) is 0 Å². The Morgan fingerprint density at radius 2 is 2.00 bits per heavy atom. The van der Waals surface area contributed by atoms with Crippen molar-refractivity contribution in [1.29, 1.82) is 0 Å². The molecule has 0 unspecified atom stereocenters. The van der Waals surface area contributed by atoms with Crippen LogP contribution in [0.5, 0.6) is 0 Å². The monoisotopic (exact) mass is 58.1 g/mol. The fourth-order valence-corrected chi connectivity index (χ4v) is 0. The van der Waals surface area contributed by atoms with Crippen molar-refractivity contribution in [2.24, 2.45) is 0 Å². The molecule has 0 saturated carbocycles. The molecule has 4 heavy (non-hydrogen) atoms. The Morgan fingerprint density at radius 1 is 1.75 bits per heavy atom. The van der Waals surface area contributed by atoms with Crippen molar-refractivity contribution in [2.45, 2.75) is 13.3 Å². The highest BCUT2D eigenvalue weighted by atomic mass is 14.5. The molecule has 1 heteroatoms. The van der Waals surface area contributed by atoms with Gasteiger partial charge in [-0.3, -0.25) is 0 Å². The highest BCUT2D eigenvalue weighted by molar-refractivity contribution is 4.42. The van der Waals surface area contributed by atoms with Crippen molar-refractivity contribution >= 4 is 0 Å². The van der Waals surface area contributed by atoms with Gasteiger partial charge in [-0.1, -0.05) is 13.3 Å². The van der Waals surface area contributed by atoms with Crippen molar-refractivity contribution < 1.29 is 0 Å². The van der Waals surface area contributed by atoms with Crippen LogP contribution >= 0.6 is 0 Å². The third-order valence-electron chi connectivity index (χ3n) is 0.250. The summed E-state index contributed by atoms with van der Waals surface area (Å²) in [6, 6.07) is 0. The van der Waals surface area contributed by atoms with Gasteiger partial charge in [-0.25, -0.2) is 0 Å². The molecule has 0 amide bonds. The molecular formula is C3H8N-. The maximum Gasteiger partial charge on any atom is -0.0670 e. The zero-order chi connectivity index (χ0) is 3.41. The van der Waals surface area contributed by atoms with E-state index in [1.807, 2.05) is 6.92 Å². The molecule has 0 bridgehead atoms. The van der Waals surface area contributed by atoms with E-state index >= 15 is 0 Å². The standard InChI is InChI=1S/C3H8N/c1-2-3-4/h4H,2-3H2,1H3/q-1. The summed E-state index contributed by atoms with van der Waals surface area (Å²) < 4.78 is 0. The number of nitrogens with one attached hydrogen (secondary N) is 1. The summed E-state index contributed by atoms with van der Waals surface area (Å²) in [4.78, 5) is 0. The van der Waals surface area contributed by atoms with Gasteiger partial charge in [0.2, 0.25) is 0 Å². The Bertz CT molecular complexity index is 5.25. The molecular weight excluding hydrogens is 50.0 g/mol. The Labute approximate surface area is 26.8 Å². The first-order valence-electron chi connectivity index (χ1n) is 1.56. The topological polar surface area (TPSA) is 23.8 Å². The molecule has 0 heterocycles. The van der Waals surface area contributed by atoms with Crippen LogP contribution in [-0.2, 0) is 0 Å². The molecule has 0 atom stereocenters. The van der Waals surface area contributed by atoms with Gasteiger partial charge in [-0.05, 0) is 0 Å². The summed E-state index contributed by atoms with van der Waals surface area (Å²) in [7, 11) is 0. The Balaban J connectivity index is 1.97. The molecule has 0 spiro atoms. The number of hydrogen-bond acceptors (Lipinski definition) is 0. The molecule has 0 aromatic heterocycles. The molecule has 0 aliphatic rings. The first-order valence-corrected chi connectivity index (χ1v) is 1.56. The van der Waals surface area contributed by atoms with E-state index < -0.39 is 0 Å². The van der Waals surface area contributed by atoms with Crippen LogP contribution in [0.15, 0.2) is 0 Å². The second-order valence-corrected chi connectivity index (χ2v) is 0.750. The second kappa shape index (κ2) is 2.96. The van der Waals surface area contributed by atoms with Gasteiger partial charge in [-0.15, -0.1) is 0 Å². The predicted octanol–water partition coefficient (Wildman–Crippen LogP) is 1.45. The minimum Gasteiger partial charge on any atom is -0.677 e. The van der Waals surface area contributed by atoms with Crippen LogP contribution in [0.1, 0.15) is 13.3 Å². The SMILES string of the molecule is CCC[NH-]. The van der Waals surface area contributed by atoms with Gasteiger partial charge in [0.05, 0.1) is 0 Å². The average Bonchev–Trinajstić information content (AvgIpc) is 1.37. The van der Waals surface area contributed by atoms with Crippen LogP contribution in [0.2, 0.25) is 0 Å². The highest BCUT2D eigenvalue weighted by Crippen LogP contribution is 1.67. The van der Waals surface area contributed by atoms with Crippen LogP contribution in [0.3, 0.4) is 0 Å². The quantitative estimate of drug-likeness (QED) is 0.435. The van der Waals surface area contributed by atoms with Gasteiger partial charge in [0.25, 0.3) is 0 Å². The van der Waals surface area contributed by atoms with Crippen molar-refractivity contribution in [2.75, 3.05) is 6.54 Å². The lowest BCUT2D eigenvalue weighted by molar-refractivity contribution is 1.04. The summed E-state index contributed by atoms with van der Waals surface area (Å²) in [6.45, 7) is 2.56. The molecule has 0 rings (SSSR count). The van der Waals surface area contributed by atoms with Gasteiger partial charge >= 0.3 is 0 Å². The molecule has 1 nitrogen and oxygen atoms in total. The third kappa shape index (κ3) is 1.96. The smallest absolute Gasteiger partial charge is 0.0670 e. The maximum absolute atomic E-state index is 6.45. The van der Waals surface area contributed by atoms with Crippen LogP contribution < -0.4 is 0 Å². The van der Waals surface area contributed by atoms with Gasteiger partial charge < -0.3 is 5.73 Å². The lowest BCUT2D eigenvalue weighted by atomic mass is 10.5. The average molecular weight is 58.1 g/mol. The van der Waals surface area contributed by atoms with Crippen LogP contribution in [0.25, 0.3) is 5.73 Å². The summed E-state index contributed by atoms with van der Waals surface area (Å²) in [5.41, 5.74) is 6.45. The maximum atomic E-state index is 6.45. The van der Waals surface area contributed by atoms with E-state index in [0.717, 1.165) is 6.42 Å². The molecule has 0 radical (unpaired) electrons. The van der Waals surface area contributed by atoms with E-state index in [0.29, 0.717) is 6.54 Å². The first kappa shape index (κ1) is 3.96. The molecule has 0 aromatic rings. The van der Waals surface area contributed by atoms with Gasteiger partial charge in [0.1, 0.15) is 0 Å². The van der Waals surface area contributed by atoms with Gasteiger partial charge in [0, 0.05) is 0 Å². The van der Waals surface area contributed by atoms with E-state index in [9.17, 15) is 0 Å². The third-order valence-corrected chi connectivity index (χ3v) is 0.250. The normalized spacial score (nSPS) is 7.50. The minimum absolute atomic E-state index is 0.569. The van der Waals surface area contributed by atoms with E-state index in [2.05, 4.69) is 0 Å². The summed E-state index contributed by atoms with van der Waals surface area (Å²) >= 11 is 0. The molecule has 0 fully saturated rings. The largest absolute Gasteiger partial charge is 0.677 e. The Kier molecular flexibility index (Phi) is 2.93.